The highest BCUT2D eigenvalue weighted by atomic mass is 32.2. The minimum atomic E-state index is -0.330. The third-order valence-corrected chi connectivity index (χ3v) is 6.06. The molecule has 0 spiro atoms. The van der Waals surface area contributed by atoms with Crippen molar-refractivity contribution in [3.63, 3.8) is 0 Å². The standard InChI is InChI=1S/C20H22FN3OS/c1-13-14(2)24(15-7-3-4-8-15)20(16(13)11-22)23-19(25)12-26-18-10-6-5-9-17(18)21/h5-6,9-10,15H,3-4,7-8,12H2,1-2H3,(H,23,25). The molecular formula is C20H22FN3OS. The normalized spacial score (nSPS) is 14.4. The van der Waals surface area contributed by atoms with Crippen LogP contribution in [0, 0.1) is 31.0 Å². The predicted molar refractivity (Wildman–Crippen MR) is 102 cm³/mol. The van der Waals surface area contributed by atoms with Crippen LogP contribution >= 0.6 is 11.8 Å². The Labute approximate surface area is 157 Å². The number of nitrogens with zero attached hydrogens (tertiary/aromatic N) is 2. The molecule has 0 aliphatic heterocycles. The van der Waals surface area contributed by atoms with Crippen LogP contribution in [0.15, 0.2) is 29.2 Å². The van der Waals surface area contributed by atoms with Crippen molar-refractivity contribution in [1.29, 1.82) is 5.26 Å². The van der Waals surface area contributed by atoms with Crippen molar-refractivity contribution in [2.75, 3.05) is 11.1 Å². The van der Waals surface area contributed by atoms with Gasteiger partial charge >= 0.3 is 0 Å². The van der Waals surface area contributed by atoms with Crippen LogP contribution in [-0.4, -0.2) is 16.2 Å². The van der Waals surface area contributed by atoms with Gasteiger partial charge in [0, 0.05) is 16.6 Å². The molecule has 6 heteroatoms. The van der Waals surface area contributed by atoms with Gasteiger partial charge in [0.2, 0.25) is 5.91 Å². The number of amides is 1. The van der Waals surface area contributed by atoms with E-state index < -0.39 is 0 Å². The summed E-state index contributed by atoms with van der Waals surface area (Å²) in [5.41, 5.74) is 2.47. The molecule has 1 saturated carbocycles. The van der Waals surface area contributed by atoms with Gasteiger partial charge in [-0.05, 0) is 44.4 Å². The van der Waals surface area contributed by atoms with E-state index in [1.165, 1.54) is 18.9 Å². The third kappa shape index (κ3) is 3.63. The van der Waals surface area contributed by atoms with Crippen molar-refractivity contribution >= 4 is 23.5 Å². The Kier molecular flexibility index (Phi) is 5.67. The van der Waals surface area contributed by atoms with Gasteiger partial charge in [0.25, 0.3) is 0 Å². The van der Waals surface area contributed by atoms with Crippen molar-refractivity contribution in [2.24, 2.45) is 0 Å². The maximum Gasteiger partial charge on any atom is 0.235 e. The lowest BCUT2D eigenvalue weighted by molar-refractivity contribution is -0.113. The average Bonchev–Trinajstić information content (AvgIpc) is 3.22. The number of nitriles is 1. The summed E-state index contributed by atoms with van der Waals surface area (Å²) in [6.45, 7) is 3.92. The molecule has 1 aliphatic carbocycles. The van der Waals surface area contributed by atoms with Crippen LogP contribution in [0.5, 0.6) is 0 Å². The molecule has 4 nitrogen and oxygen atoms in total. The number of hydrogen-bond donors (Lipinski definition) is 1. The summed E-state index contributed by atoms with van der Waals surface area (Å²) < 4.78 is 15.8. The Morgan fingerprint density at radius 2 is 2.04 bits per heavy atom. The average molecular weight is 371 g/mol. The number of rotatable bonds is 5. The molecule has 0 atom stereocenters. The number of carbonyl (C=O) groups excluding carboxylic acids is 1. The van der Waals surface area contributed by atoms with Crippen LogP contribution in [0.4, 0.5) is 10.2 Å². The Hall–Kier alpha value is -2.26. The van der Waals surface area contributed by atoms with Gasteiger partial charge < -0.3 is 9.88 Å². The fraction of sp³-hybridized carbons (Fsp3) is 0.400. The largest absolute Gasteiger partial charge is 0.327 e. The van der Waals surface area contributed by atoms with Gasteiger partial charge in [-0.2, -0.15) is 5.26 Å². The molecule has 1 aliphatic rings. The van der Waals surface area contributed by atoms with Crippen molar-refractivity contribution in [3.8, 4) is 6.07 Å². The van der Waals surface area contributed by atoms with E-state index in [1.54, 1.807) is 18.2 Å². The summed E-state index contributed by atoms with van der Waals surface area (Å²) >= 11 is 1.16. The first-order valence-corrected chi connectivity index (χ1v) is 9.80. The zero-order valence-corrected chi connectivity index (χ0v) is 15.8. The summed E-state index contributed by atoms with van der Waals surface area (Å²) in [7, 11) is 0. The predicted octanol–water partition coefficient (Wildman–Crippen LogP) is 4.96. The maximum atomic E-state index is 13.7. The number of nitrogens with one attached hydrogen (secondary N) is 1. The van der Waals surface area contributed by atoms with E-state index in [0.29, 0.717) is 22.3 Å². The number of benzene rings is 1. The zero-order chi connectivity index (χ0) is 18.7. The van der Waals surface area contributed by atoms with Gasteiger partial charge in [-0.15, -0.1) is 11.8 Å². The fourth-order valence-corrected chi connectivity index (χ4v) is 4.32. The minimum absolute atomic E-state index is 0.0970. The van der Waals surface area contributed by atoms with E-state index >= 15 is 0 Å². The Balaban J connectivity index is 1.80. The van der Waals surface area contributed by atoms with E-state index in [4.69, 9.17) is 0 Å². The van der Waals surface area contributed by atoms with E-state index in [9.17, 15) is 14.4 Å². The SMILES string of the molecule is Cc1c(C#N)c(NC(=O)CSc2ccccc2F)n(C2CCCC2)c1C. The van der Waals surface area contributed by atoms with Crippen molar-refractivity contribution in [1.82, 2.24) is 4.57 Å². The molecule has 136 valence electrons. The van der Waals surface area contributed by atoms with E-state index in [1.807, 2.05) is 13.8 Å². The van der Waals surface area contributed by atoms with Crippen molar-refractivity contribution in [3.05, 3.63) is 46.9 Å². The summed E-state index contributed by atoms with van der Waals surface area (Å²) in [6, 6.07) is 8.96. The molecule has 1 aromatic carbocycles. The minimum Gasteiger partial charge on any atom is -0.327 e. The van der Waals surface area contributed by atoms with E-state index in [-0.39, 0.29) is 17.5 Å². The molecule has 0 unspecified atom stereocenters. The molecule has 3 rings (SSSR count). The molecule has 1 N–H and O–H groups in total. The van der Waals surface area contributed by atoms with E-state index in [2.05, 4.69) is 16.0 Å². The summed E-state index contributed by atoms with van der Waals surface area (Å²) in [6.07, 6.45) is 4.46. The molecular weight excluding hydrogens is 349 g/mol. The summed E-state index contributed by atoms with van der Waals surface area (Å²) in [5.74, 6) is 0.129. The molecule has 2 aromatic rings. The Bertz CT molecular complexity index is 863. The second kappa shape index (κ2) is 7.96. The van der Waals surface area contributed by atoms with Crippen LogP contribution in [0.25, 0.3) is 0 Å². The molecule has 26 heavy (non-hydrogen) atoms. The number of halogens is 1. The molecule has 0 radical (unpaired) electrons. The second-order valence-electron chi connectivity index (χ2n) is 6.62. The zero-order valence-electron chi connectivity index (χ0n) is 15.0. The molecule has 0 bridgehead atoms. The van der Waals surface area contributed by atoms with Gasteiger partial charge in [0.1, 0.15) is 17.7 Å². The van der Waals surface area contributed by atoms with Crippen LogP contribution in [0.2, 0.25) is 0 Å². The van der Waals surface area contributed by atoms with Crippen molar-refractivity contribution < 1.29 is 9.18 Å². The number of anilines is 1. The van der Waals surface area contributed by atoms with Crippen molar-refractivity contribution in [2.45, 2.75) is 50.5 Å². The molecule has 1 aromatic heterocycles. The monoisotopic (exact) mass is 371 g/mol. The molecule has 1 amide bonds. The first kappa shape index (κ1) is 18.5. The van der Waals surface area contributed by atoms with E-state index in [0.717, 1.165) is 35.9 Å². The second-order valence-corrected chi connectivity index (χ2v) is 7.64. The number of carbonyl (C=O) groups is 1. The third-order valence-electron chi connectivity index (χ3n) is 5.01. The highest BCUT2D eigenvalue weighted by molar-refractivity contribution is 8.00. The van der Waals surface area contributed by atoms with Gasteiger partial charge in [0.15, 0.2) is 0 Å². The van der Waals surface area contributed by atoms with Crippen LogP contribution in [-0.2, 0) is 4.79 Å². The lowest BCUT2D eigenvalue weighted by Crippen LogP contribution is -2.19. The fourth-order valence-electron chi connectivity index (χ4n) is 3.58. The van der Waals surface area contributed by atoms with Gasteiger partial charge in [-0.3, -0.25) is 4.79 Å². The topological polar surface area (TPSA) is 57.8 Å². The molecule has 0 saturated heterocycles. The molecule has 1 heterocycles. The van der Waals surface area contributed by atoms with Crippen LogP contribution in [0.3, 0.4) is 0 Å². The maximum absolute atomic E-state index is 13.7. The summed E-state index contributed by atoms with van der Waals surface area (Å²) in [4.78, 5) is 12.9. The van der Waals surface area contributed by atoms with Crippen LogP contribution < -0.4 is 5.32 Å². The Morgan fingerprint density at radius 3 is 2.69 bits per heavy atom. The lowest BCUT2D eigenvalue weighted by atomic mass is 10.2. The van der Waals surface area contributed by atoms with Crippen LogP contribution in [0.1, 0.15) is 48.5 Å². The number of thioether (sulfide) groups is 1. The van der Waals surface area contributed by atoms with Gasteiger partial charge in [-0.1, -0.05) is 25.0 Å². The first-order chi connectivity index (χ1) is 12.5. The highest BCUT2D eigenvalue weighted by Gasteiger charge is 2.26. The highest BCUT2D eigenvalue weighted by Crippen LogP contribution is 2.37. The lowest BCUT2D eigenvalue weighted by Gasteiger charge is -2.19. The molecule has 1 fully saturated rings. The van der Waals surface area contributed by atoms with Gasteiger partial charge in [0.05, 0.1) is 11.3 Å². The first-order valence-electron chi connectivity index (χ1n) is 8.81. The quantitative estimate of drug-likeness (QED) is 0.756. The van der Waals surface area contributed by atoms with Gasteiger partial charge in [-0.25, -0.2) is 4.39 Å². The number of aromatic nitrogens is 1. The Morgan fingerprint density at radius 1 is 1.35 bits per heavy atom. The number of hydrogen-bond acceptors (Lipinski definition) is 3. The summed E-state index contributed by atoms with van der Waals surface area (Å²) in [5, 5.41) is 12.5. The smallest absolute Gasteiger partial charge is 0.235 e.